The average Bonchev–Trinajstić information content (AvgIpc) is 2.80. The van der Waals surface area contributed by atoms with Crippen LogP contribution >= 0.6 is 11.8 Å². The zero-order chi connectivity index (χ0) is 13.4. The van der Waals surface area contributed by atoms with Gasteiger partial charge in [0, 0.05) is 12.5 Å². The molecule has 0 saturated carbocycles. The van der Waals surface area contributed by atoms with Crippen LogP contribution < -0.4 is 5.32 Å². The summed E-state index contributed by atoms with van der Waals surface area (Å²) in [6.07, 6.45) is 6.87. The highest BCUT2D eigenvalue weighted by Gasteiger charge is 2.09. The summed E-state index contributed by atoms with van der Waals surface area (Å²) in [5.41, 5.74) is 0. The number of furan rings is 1. The lowest BCUT2D eigenvalue weighted by molar-refractivity contribution is 0.251. The Bertz CT molecular complexity index is 387. The van der Waals surface area contributed by atoms with Gasteiger partial charge < -0.3 is 9.73 Å². The van der Waals surface area contributed by atoms with Gasteiger partial charge in [0.05, 0.1) is 12.3 Å². The lowest BCUT2D eigenvalue weighted by Gasteiger charge is -2.12. The third-order valence-electron chi connectivity index (χ3n) is 2.49. The van der Waals surface area contributed by atoms with E-state index in [1.165, 1.54) is 0 Å². The number of rotatable bonds is 8. The third kappa shape index (κ3) is 5.56. The van der Waals surface area contributed by atoms with E-state index >= 15 is 0 Å². The van der Waals surface area contributed by atoms with Crippen molar-refractivity contribution in [2.45, 2.75) is 43.9 Å². The molecular weight excluding hydrogens is 256 g/mol. The topological polar surface area (TPSA) is 25.2 Å². The lowest BCUT2D eigenvalue weighted by Crippen LogP contribution is -2.27. The standard InChI is InChI=1S/C13H17F2NOS/c1-3-5-10(4-2)16-8-11-6-7-12(17-11)9-18-13(14)15/h1,6-7,10,13,16H,4-5,8-9H2,2H3. The molecule has 1 N–H and O–H groups in total. The first-order valence-electron chi connectivity index (χ1n) is 5.79. The Morgan fingerprint density at radius 2 is 2.17 bits per heavy atom. The van der Waals surface area contributed by atoms with Gasteiger partial charge in [-0.1, -0.05) is 18.7 Å². The second kappa shape index (κ2) is 8.17. The molecule has 0 aliphatic heterocycles. The molecule has 1 unspecified atom stereocenters. The fraction of sp³-hybridized carbons (Fsp3) is 0.538. The number of thioether (sulfide) groups is 1. The Morgan fingerprint density at radius 3 is 2.78 bits per heavy atom. The van der Waals surface area contributed by atoms with E-state index in [-0.39, 0.29) is 11.8 Å². The van der Waals surface area contributed by atoms with Gasteiger partial charge >= 0.3 is 0 Å². The van der Waals surface area contributed by atoms with Crippen LogP contribution in [0.5, 0.6) is 0 Å². The van der Waals surface area contributed by atoms with E-state index in [4.69, 9.17) is 10.8 Å². The molecule has 0 bridgehead atoms. The van der Waals surface area contributed by atoms with Gasteiger partial charge in [0.2, 0.25) is 0 Å². The summed E-state index contributed by atoms with van der Waals surface area (Å²) in [6.45, 7) is 2.63. The maximum atomic E-state index is 12.0. The fourth-order valence-corrected chi connectivity index (χ4v) is 1.93. The Labute approximate surface area is 111 Å². The molecule has 0 aliphatic rings. The number of hydrogen-bond donors (Lipinski definition) is 1. The van der Waals surface area contributed by atoms with Crippen molar-refractivity contribution >= 4 is 11.8 Å². The quantitative estimate of drug-likeness (QED) is 0.732. The first-order chi connectivity index (χ1) is 8.65. The van der Waals surface area contributed by atoms with Crippen molar-refractivity contribution < 1.29 is 13.2 Å². The number of halogens is 2. The zero-order valence-corrected chi connectivity index (χ0v) is 11.1. The molecule has 0 aromatic carbocycles. The number of terminal acetylenes is 1. The van der Waals surface area contributed by atoms with Crippen molar-refractivity contribution in [2.75, 3.05) is 0 Å². The molecule has 2 nitrogen and oxygen atoms in total. The van der Waals surface area contributed by atoms with Crippen molar-refractivity contribution in [2.24, 2.45) is 0 Å². The highest BCUT2D eigenvalue weighted by Crippen LogP contribution is 2.21. The minimum atomic E-state index is -2.36. The molecule has 5 heteroatoms. The summed E-state index contributed by atoms with van der Waals surface area (Å²) < 4.78 is 29.4. The van der Waals surface area contributed by atoms with Gasteiger partial charge in [-0.05, 0) is 18.6 Å². The number of alkyl halides is 2. The summed E-state index contributed by atoms with van der Waals surface area (Å²) in [7, 11) is 0. The molecule has 1 aromatic heterocycles. The van der Waals surface area contributed by atoms with Crippen LogP contribution in [0.2, 0.25) is 0 Å². The van der Waals surface area contributed by atoms with Crippen LogP contribution in [0, 0.1) is 12.3 Å². The molecule has 0 spiro atoms. The van der Waals surface area contributed by atoms with Crippen LogP contribution in [0.3, 0.4) is 0 Å². The second-order valence-corrected chi connectivity index (χ2v) is 4.81. The summed E-state index contributed by atoms with van der Waals surface area (Å²) in [4.78, 5) is 0. The summed E-state index contributed by atoms with van der Waals surface area (Å²) in [6, 6.07) is 3.80. The first-order valence-corrected chi connectivity index (χ1v) is 6.84. The van der Waals surface area contributed by atoms with Crippen LogP contribution in [0.25, 0.3) is 0 Å². The Balaban J connectivity index is 2.37. The maximum absolute atomic E-state index is 12.0. The number of hydrogen-bond acceptors (Lipinski definition) is 3. The molecule has 1 atom stereocenters. The molecule has 1 aromatic rings. The molecule has 18 heavy (non-hydrogen) atoms. The molecule has 1 heterocycles. The van der Waals surface area contributed by atoms with Gasteiger partial charge in [0.25, 0.3) is 5.76 Å². The number of nitrogens with one attached hydrogen (secondary N) is 1. The molecule has 1 rings (SSSR count). The van der Waals surface area contributed by atoms with Gasteiger partial charge in [-0.15, -0.1) is 12.3 Å². The van der Waals surface area contributed by atoms with Crippen LogP contribution in [0.1, 0.15) is 31.3 Å². The zero-order valence-electron chi connectivity index (χ0n) is 10.3. The van der Waals surface area contributed by atoms with Gasteiger partial charge in [-0.25, -0.2) is 0 Å². The van der Waals surface area contributed by atoms with Gasteiger partial charge in [0.15, 0.2) is 0 Å². The van der Waals surface area contributed by atoms with E-state index in [2.05, 4.69) is 18.2 Å². The SMILES string of the molecule is C#CCC(CC)NCc1ccc(CSC(F)F)o1. The van der Waals surface area contributed by atoms with E-state index in [1.807, 2.05) is 0 Å². The minimum Gasteiger partial charge on any atom is -0.464 e. The highest BCUT2D eigenvalue weighted by atomic mass is 32.2. The Morgan fingerprint density at radius 1 is 1.44 bits per heavy atom. The fourth-order valence-electron chi connectivity index (χ4n) is 1.49. The van der Waals surface area contributed by atoms with Crippen LogP contribution in [0.15, 0.2) is 16.5 Å². The van der Waals surface area contributed by atoms with Crippen LogP contribution in [0.4, 0.5) is 8.78 Å². The maximum Gasteiger partial charge on any atom is 0.284 e. The van der Waals surface area contributed by atoms with Gasteiger partial charge in [-0.3, -0.25) is 0 Å². The van der Waals surface area contributed by atoms with E-state index < -0.39 is 5.76 Å². The predicted octanol–water partition coefficient (Wildman–Crippen LogP) is 3.63. The summed E-state index contributed by atoms with van der Waals surface area (Å²) in [5, 5.41) is 3.27. The molecule has 100 valence electrons. The smallest absolute Gasteiger partial charge is 0.284 e. The van der Waals surface area contributed by atoms with Crippen molar-refractivity contribution in [1.29, 1.82) is 0 Å². The van der Waals surface area contributed by atoms with Crippen molar-refractivity contribution in [1.82, 2.24) is 5.32 Å². The van der Waals surface area contributed by atoms with E-state index in [0.717, 1.165) is 12.2 Å². The lowest BCUT2D eigenvalue weighted by atomic mass is 10.1. The van der Waals surface area contributed by atoms with Crippen molar-refractivity contribution in [3.8, 4) is 12.3 Å². The van der Waals surface area contributed by atoms with Crippen molar-refractivity contribution in [3.63, 3.8) is 0 Å². The Kier molecular flexibility index (Phi) is 6.84. The third-order valence-corrected chi connectivity index (χ3v) is 3.19. The largest absolute Gasteiger partial charge is 0.464 e. The van der Waals surface area contributed by atoms with Crippen LogP contribution in [-0.2, 0) is 12.3 Å². The molecule has 0 fully saturated rings. The Hall–Kier alpha value is -0.990. The summed E-state index contributed by atoms with van der Waals surface area (Å²) >= 11 is 0.561. The monoisotopic (exact) mass is 273 g/mol. The normalized spacial score (nSPS) is 12.6. The van der Waals surface area contributed by atoms with Crippen molar-refractivity contribution in [3.05, 3.63) is 23.7 Å². The molecule has 0 radical (unpaired) electrons. The van der Waals surface area contributed by atoms with E-state index in [1.54, 1.807) is 12.1 Å². The van der Waals surface area contributed by atoms with Crippen LogP contribution in [-0.4, -0.2) is 11.8 Å². The first kappa shape index (κ1) is 15.1. The molecule has 0 aliphatic carbocycles. The van der Waals surface area contributed by atoms with Gasteiger partial charge in [-0.2, -0.15) is 8.78 Å². The average molecular weight is 273 g/mol. The molecular formula is C13H17F2NOS. The van der Waals surface area contributed by atoms with E-state index in [9.17, 15) is 8.78 Å². The minimum absolute atomic E-state index is 0.194. The van der Waals surface area contributed by atoms with E-state index in [0.29, 0.717) is 30.5 Å². The predicted molar refractivity (Wildman–Crippen MR) is 70.4 cm³/mol. The van der Waals surface area contributed by atoms with Gasteiger partial charge in [0.1, 0.15) is 11.5 Å². The highest BCUT2D eigenvalue weighted by molar-refractivity contribution is 7.98. The summed E-state index contributed by atoms with van der Waals surface area (Å²) in [5.74, 6) is 1.76. The molecule has 0 amide bonds. The second-order valence-electron chi connectivity index (χ2n) is 3.83. The molecule has 0 saturated heterocycles.